The molecule has 0 aliphatic heterocycles. The Labute approximate surface area is 121 Å². The number of nitrogens with one attached hydrogen (secondary N) is 2. The van der Waals surface area contributed by atoms with Crippen molar-refractivity contribution in [1.82, 2.24) is 9.97 Å². The maximum absolute atomic E-state index is 12.7. The zero-order chi connectivity index (χ0) is 15.4. The fourth-order valence-electron chi connectivity index (χ4n) is 1.31. The zero-order valence-corrected chi connectivity index (χ0v) is 12.7. The molecule has 1 heterocycles. The van der Waals surface area contributed by atoms with Crippen LogP contribution in [0.15, 0.2) is 6.07 Å². The van der Waals surface area contributed by atoms with E-state index in [9.17, 15) is 13.2 Å². The van der Waals surface area contributed by atoms with E-state index in [1.807, 2.05) is 20.1 Å². The van der Waals surface area contributed by atoms with Crippen molar-refractivity contribution in [3.63, 3.8) is 0 Å². The molecule has 0 bridgehead atoms. The van der Waals surface area contributed by atoms with E-state index in [2.05, 4.69) is 20.6 Å². The van der Waals surface area contributed by atoms with Gasteiger partial charge in [0.05, 0.1) is 0 Å². The van der Waals surface area contributed by atoms with Crippen molar-refractivity contribution in [3.05, 3.63) is 11.9 Å². The lowest BCUT2D eigenvalue weighted by Crippen LogP contribution is -2.26. The SMILES string of the molecule is CCNc1cc(NCC(C)(C)SC)nc(C(F)(F)F)n1. The minimum absolute atomic E-state index is 0.0955. The summed E-state index contributed by atoms with van der Waals surface area (Å²) < 4.78 is 38.1. The lowest BCUT2D eigenvalue weighted by Gasteiger charge is -2.23. The molecular formula is C12H19F3N4S. The van der Waals surface area contributed by atoms with E-state index in [-0.39, 0.29) is 16.4 Å². The normalized spacial score (nSPS) is 12.3. The van der Waals surface area contributed by atoms with Gasteiger partial charge in [-0.25, -0.2) is 9.97 Å². The van der Waals surface area contributed by atoms with E-state index in [1.54, 1.807) is 18.7 Å². The third-order valence-corrected chi connectivity index (χ3v) is 3.83. The summed E-state index contributed by atoms with van der Waals surface area (Å²) in [5.74, 6) is -0.801. The Balaban J connectivity index is 2.97. The monoisotopic (exact) mass is 308 g/mol. The number of anilines is 2. The van der Waals surface area contributed by atoms with Gasteiger partial charge in [-0.3, -0.25) is 0 Å². The number of hydrogen-bond donors (Lipinski definition) is 2. The zero-order valence-electron chi connectivity index (χ0n) is 11.9. The lowest BCUT2D eigenvalue weighted by molar-refractivity contribution is -0.144. The van der Waals surface area contributed by atoms with Crippen LogP contribution in [-0.4, -0.2) is 34.1 Å². The highest BCUT2D eigenvalue weighted by atomic mass is 32.2. The van der Waals surface area contributed by atoms with Crippen molar-refractivity contribution in [2.24, 2.45) is 0 Å². The van der Waals surface area contributed by atoms with Crippen LogP contribution in [0.2, 0.25) is 0 Å². The molecule has 0 aromatic carbocycles. The number of thioether (sulfide) groups is 1. The van der Waals surface area contributed by atoms with Gasteiger partial charge in [0.25, 0.3) is 0 Å². The van der Waals surface area contributed by atoms with Gasteiger partial charge in [0.2, 0.25) is 5.82 Å². The maximum Gasteiger partial charge on any atom is 0.451 e. The summed E-state index contributed by atoms with van der Waals surface area (Å²) in [5.41, 5.74) is 0. The summed E-state index contributed by atoms with van der Waals surface area (Å²) in [5, 5.41) is 5.71. The second-order valence-electron chi connectivity index (χ2n) is 4.81. The summed E-state index contributed by atoms with van der Waals surface area (Å²) in [7, 11) is 0. The molecule has 0 fully saturated rings. The standard InChI is InChI=1S/C12H19F3N4S/c1-5-16-8-6-9(17-7-11(2,3)20-4)19-10(18-8)12(13,14)15/h6H,5,7H2,1-4H3,(H2,16,17,18,19). The molecule has 0 unspecified atom stereocenters. The van der Waals surface area contributed by atoms with Crippen molar-refractivity contribution in [2.75, 3.05) is 30.0 Å². The van der Waals surface area contributed by atoms with Crippen LogP contribution >= 0.6 is 11.8 Å². The molecule has 0 radical (unpaired) electrons. The maximum atomic E-state index is 12.7. The molecule has 20 heavy (non-hydrogen) atoms. The van der Waals surface area contributed by atoms with Gasteiger partial charge in [0.15, 0.2) is 0 Å². The van der Waals surface area contributed by atoms with Gasteiger partial charge in [0.1, 0.15) is 11.6 Å². The molecule has 114 valence electrons. The summed E-state index contributed by atoms with van der Waals surface area (Å²) in [6, 6.07) is 1.48. The smallest absolute Gasteiger partial charge is 0.370 e. The van der Waals surface area contributed by atoms with Crippen LogP contribution in [-0.2, 0) is 6.18 Å². The Morgan fingerprint density at radius 1 is 1.15 bits per heavy atom. The molecule has 0 atom stereocenters. The van der Waals surface area contributed by atoms with Crippen molar-refractivity contribution in [2.45, 2.75) is 31.7 Å². The third kappa shape index (κ3) is 5.07. The molecule has 1 aromatic heterocycles. The molecule has 0 aliphatic rings. The average molecular weight is 308 g/mol. The van der Waals surface area contributed by atoms with Crippen molar-refractivity contribution in [3.8, 4) is 0 Å². The molecule has 1 aromatic rings. The Hall–Kier alpha value is -1.18. The van der Waals surface area contributed by atoms with Gasteiger partial charge >= 0.3 is 6.18 Å². The molecule has 0 aliphatic carbocycles. The largest absolute Gasteiger partial charge is 0.451 e. The van der Waals surface area contributed by atoms with Crippen LogP contribution in [0.25, 0.3) is 0 Å². The van der Waals surface area contributed by atoms with E-state index in [1.165, 1.54) is 6.07 Å². The Morgan fingerprint density at radius 3 is 2.15 bits per heavy atom. The summed E-state index contributed by atoms with van der Waals surface area (Å²) in [6.07, 6.45) is -2.61. The molecule has 1 rings (SSSR count). The number of alkyl halides is 3. The van der Waals surface area contributed by atoms with Gasteiger partial charge in [-0.15, -0.1) is 0 Å². The molecule has 0 saturated heterocycles. The molecule has 0 saturated carbocycles. The number of rotatable bonds is 6. The Morgan fingerprint density at radius 2 is 1.70 bits per heavy atom. The molecular weight excluding hydrogens is 289 g/mol. The predicted molar refractivity (Wildman–Crippen MR) is 77.3 cm³/mol. The average Bonchev–Trinajstić information content (AvgIpc) is 2.36. The van der Waals surface area contributed by atoms with E-state index in [0.717, 1.165) is 0 Å². The first-order chi connectivity index (χ1) is 9.18. The Bertz CT molecular complexity index is 449. The van der Waals surface area contributed by atoms with Crippen molar-refractivity contribution < 1.29 is 13.2 Å². The first-order valence-electron chi connectivity index (χ1n) is 6.17. The topological polar surface area (TPSA) is 49.8 Å². The fraction of sp³-hybridized carbons (Fsp3) is 0.667. The van der Waals surface area contributed by atoms with Crippen molar-refractivity contribution in [1.29, 1.82) is 0 Å². The molecule has 0 amide bonds. The number of halogens is 3. The number of nitrogens with zero attached hydrogens (tertiary/aromatic N) is 2. The highest BCUT2D eigenvalue weighted by molar-refractivity contribution is 7.99. The van der Waals surface area contributed by atoms with Crippen LogP contribution in [0.3, 0.4) is 0 Å². The summed E-state index contributed by atoms with van der Waals surface area (Å²) in [6.45, 7) is 6.79. The number of hydrogen-bond acceptors (Lipinski definition) is 5. The van der Waals surface area contributed by atoms with Crippen LogP contribution < -0.4 is 10.6 Å². The number of aromatic nitrogens is 2. The quantitative estimate of drug-likeness (QED) is 0.842. The van der Waals surface area contributed by atoms with Gasteiger partial charge < -0.3 is 10.6 Å². The second-order valence-corrected chi connectivity index (χ2v) is 6.32. The van der Waals surface area contributed by atoms with Gasteiger partial charge in [-0.1, -0.05) is 0 Å². The minimum Gasteiger partial charge on any atom is -0.370 e. The highest BCUT2D eigenvalue weighted by Crippen LogP contribution is 2.29. The van der Waals surface area contributed by atoms with Gasteiger partial charge in [-0.2, -0.15) is 24.9 Å². The second kappa shape index (κ2) is 6.51. The van der Waals surface area contributed by atoms with Crippen LogP contribution in [0.5, 0.6) is 0 Å². The molecule has 4 nitrogen and oxygen atoms in total. The molecule has 8 heteroatoms. The van der Waals surface area contributed by atoms with Crippen LogP contribution in [0.1, 0.15) is 26.6 Å². The van der Waals surface area contributed by atoms with Crippen LogP contribution in [0, 0.1) is 0 Å². The highest BCUT2D eigenvalue weighted by Gasteiger charge is 2.35. The van der Waals surface area contributed by atoms with E-state index < -0.39 is 12.0 Å². The third-order valence-electron chi connectivity index (χ3n) is 2.59. The minimum atomic E-state index is -4.56. The Kier molecular flexibility index (Phi) is 5.50. The summed E-state index contributed by atoms with van der Waals surface area (Å²) in [4.78, 5) is 6.99. The summed E-state index contributed by atoms with van der Waals surface area (Å²) >= 11 is 1.63. The van der Waals surface area contributed by atoms with E-state index in [0.29, 0.717) is 13.1 Å². The van der Waals surface area contributed by atoms with Crippen molar-refractivity contribution >= 4 is 23.4 Å². The first-order valence-corrected chi connectivity index (χ1v) is 7.39. The first kappa shape index (κ1) is 16.9. The van der Waals surface area contributed by atoms with Gasteiger partial charge in [-0.05, 0) is 27.0 Å². The molecule has 2 N–H and O–H groups in total. The lowest BCUT2D eigenvalue weighted by atomic mass is 10.2. The molecule has 0 spiro atoms. The fourth-order valence-corrected chi connectivity index (χ4v) is 1.53. The van der Waals surface area contributed by atoms with E-state index >= 15 is 0 Å². The van der Waals surface area contributed by atoms with Gasteiger partial charge in [0, 0.05) is 23.9 Å². The predicted octanol–water partition coefficient (Wildman–Crippen LogP) is 3.48. The van der Waals surface area contributed by atoms with Crippen LogP contribution in [0.4, 0.5) is 24.8 Å². The van der Waals surface area contributed by atoms with E-state index in [4.69, 9.17) is 0 Å².